The van der Waals surface area contributed by atoms with E-state index in [1.807, 2.05) is 0 Å². The lowest BCUT2D eigenvalue weighted by Gasteiger charge is -2.04. The van der Waals surface area contributed by atoms with Crippen molar-refractivity contribution in [3.05, 3.63) is 47.4 Å². The van der Waals surface area contributed by atoms with Crippen LogP contribution in [0.3, 0.4) is 0 Å². The molecule has 0 saturated carbocycles. The molecule has 1 aromatic carbocycles. The van der Waals surface area contributed by atoms with Crippen LogP contribution in [0.1, 0.15) is 5.56 Å². The largest absolute Gasteiger partial charge is 0.340 e. The molecule has 0 aliphatic heterocycles. The quantitative estimate of drug-likeness (QED) is 0.806. The van der Waals surface area contributed by atoms with Crippen molar-refractivity contribution in [2.75, 3.05) is 5.32 Å². The summed E-state index contributed by atoms with van der Waals surface area (Å²) >= 11 is 5.72. The van der Waals surface area contributed by atoms with E-state index in [1.165, 1.54) is 6.33 Å². The Morgan fingerprint density at radius 1 is 1.19 bits per heavy atom. The fourth-order valence-electron chi connectivity index (χ4n) is 1.18. The molecule has 5 heteroatoms. The highest BCUT2D eigenvalue weighted by Crippen LogP contribution is 2.16. The Balaban J connectivity index is 2.18. The van der Waals surface area contributed by atoms with Gasteiger partial charge in [0.1, 0.15) is 17.3 Å². The summed E-state index contributed by atoms with van der Waals surface area (Å²) in [6.07, 6.45) is 1.38. The monoisotopic (exact) mass is 230 g/mol. The second-order valence-electron chi connectivity index (χ2n) is 3.04. The van der Waals surface area contributed by atoms with Gasteiger partial charge in [-0.3, -0.25) is 0 Å². The standard InChI is InChI=1S/C11H7ClN4/c12-10-5-11(15-7-14-10)16-9-3-1-8(6-13)2-4-9/h1-5,7H,(H,14,15,16). The van der Waals surface area contributed by atoms with Crippen molar-refractivity contribution in [1.29, 1.82) is 5.26 Å². The van der Waals surface area contributed by atoms with Crippen LogP contribution in [0.25, 0.3) is 0 Å². The summed E-state index contributed by atoms with van der Waals surface area (Å²) in [5.41, 5.74) is 1.46. The van der Waals surface area contributed by atoms with Gasteiger partial charge in [-0.2, -0.15) is 5.26 Å². The maximum absolute atomic E-state index is 8.65. The predicted octanol–water partition coefficient (Wildman–Crippen LogP) is 2.75. The minimum absolute atomic E-state index is 0.381. The van der Waals surface area contributed by atoms with Crippen LogP contribution in [0.4, 0.5) is 11.5 Å². The Kier molecular flexibility index (Phi) is 2.99. The van der Waals surface area contributed by atoms with E-state index in [-0.39, 0.29) is 0 Å². The molecule has 0 saturated heterocycles. The van der Waals surface area contributed by atoms with E-state index >= 15 is 0 Å². The molecule has 0 amide bonds. The van der Waals surface area contributed by atoms with Gasteiger partial charge in [0, 0.05) is 11.8 Å². The summed E-state index contributed by atoms with van der Waals surface area (Å²) < 4.78 is 0. The van der Waals surface area contributed by atoms with Crippen molar-refractivity contribution in [3.8, 4) is 6.07 Å². The number of aromatic nitrogens is 2. The van der Waals surface area contributed by atoms with Gasteiger partial charge in [0.25, 0.3) is 0 Å². The number of nitrogens with zero attached hydrogens (tertiary/aromatic N) is 3. The summed E-state index contributed by atoms with van der Waals surface area (Å²) in [7, 11) is 0. The van der Waals surface area contributed by atoms with Gasteiger partial charge < -0.3 is 5.32 Å². The van der Waals surface area contributed by atoms with Crippen LogP contribution >= 0.6 is 11.6 Å². The minimum Gasteiger partial charge on any atom is -0.340 e. The SMILES string of the molecule is N#Cc1ccc(Nc2cc(Cl)ncn2)cc1. The number of nitriles is 1. The highest BCUT2D eigenvalue weighted by molar-refractivity contribution is 6.29. The molecular formula is C11H7ClN4. The Morgan fingerprint density at radius 3 is 2.56 bits per heavy atom. The zero-order valence-corrected chi connectivity index (χ0v) is 8.94. The van der Waals surface area contributed by atoms with Gasteiger partial charge in [0.05, 0.1) is 11.6 Å². The molecule has 0 radical (unpaired) electrons. The number of anilines is 2. The second-order valence-corrected chi connectivity index (χ2v) is 3.43. The first-order valence-electron chi connectivity index (χ1n) is 4.52. The van der Waals surface area contributed by atoms with Crippen molar-refractivity contribution in [2.24, 2.45) is 0 Å². The molecular weight excluding hydrogens is 224 g/mol. The number of hydrogen-bond acceptors (Lipinski definition) is 4. The summed E-state index contributed by atoms with van der Waals surface area (Å²) in [5.74, 6) is 0.615. The van der Waals surface area contributed by atoms with Crippen molar-refractivity contribution >= 4 is 23.1 Å². The number of benzene rings is 1. The van der Waals surface area contributed by atoms with E-state index < -0.39 is 0 Å². The van der Waals surface area contributed by atoms with Gasteiger partial charge in [0.15, 0.2) is 0 Å². The van der Waals surface area contributed by atoms with Crippen molar-refractivity contribution in [3.63, 3.8) is 0 Å². The molecule has 16 heavy (non-hydrogen) atoms. The van der Waals surface area contributed by atoms with Gasteiger partial charge in [-0.15, -0.1) is 0 Å². The third-order valence-corrected chi connectivity index (χ3v) is 2.13. The van der Waals surface area contributed by atoms with Crippen LogP contribution in [0, 0.1) is 11.3 Å². The third kappa shape index (κ3) is 2.47. The highest BCUT2D eigenvalue weighted by atomic mass is 35.5. The number of hydrogen-bond donors (Lipinski definition) is 1. The van der Waals surface area contributed by atoms with Crippen molar-refractivity contribution < 1.29 is 0 Å². The molecule has 1 heterocycles. The highest BCUT2D eigenvalue weighted by Gasteiger charge is 1.97. The molecule has 0 spiro atoms. The first-order chi connectivity index (χ1) is 7.78. The average Bonchev–Trinajstić information content (AvgIpc) is 2.30. The van der Waals surface area contributed by atoms with Gasteiger partial charge in [0.2, 0.25) is 0 Å². The smallest absolute Gasteiger partial charge is 0.135 e. The normalized spacial score (nSPS) is 9.50. The molecule has 2 rings (SSSR count). The lowest BCUT2D eigenvalue weighted by molar-refractivity contribution is 1.17. The zero-order valence-electron chi connectivity index (χ0n) is 8.18. The molecule has 0 unspecified atom stereocenters. The second kappa shape index (κ2) is 4.60. The number of nitrogens with one attached hydrogen (secondary N) is 1. The van der Waals surface area contributed by atoms with E-state index in [1.54, 1.807) is 30.3 Å². The average molecular weight is 231 g/mol. The van der Waals surface area contributed by atoms with Gasteiger partial charge in [-0.25, -0.2) is 9.97 Å². The summed E-state index contributed by atoms with van der Waals surface area (Å²) in [6, 6.07) is 10.7. The van der Waals surface area contributed by atoms with E-state index in [9.17, 15) is 0 Å². The first kappa shape index (κ1) is 10.4. The van der Waals surface area contributed by atoms with Gasteiger partial charge >= 0.3 is 0 Å². The van der Waals surface area contributed by atoms with E-state index in [0.29, 0.717) is 16.5 Å². The van der Waals surface area contributed by atoms with Crippen LogP contribution in [-0.2, 0) is 0 Å². The molecule has 1 N–H and O–H groups in total. The molecule has 1 aromatic heterocycles. The lowest BCUT2D eigenvalue weighted by Crippen LogP contribution is -1.93. The molecule has 2 aromatic rings. The first-order valence-corrected chi connectivity index (χ1v) is 4.90. The third-order valence-electron chi connectivity index (χ3n) is 1.92. The maximum Gasteiger partial charge on any atom is 0.135 e. The summed E-state index contributed by atoms with van der Waals surface area (Å²) in [5, 5.41) is 12.1. The van der Waals surface area contributed by atoms with Gasteiger partial charge in [-0.05, 0) is 24.3 Å². The molecule has 0 aliphatic carbocycles. The molecule has 0 bridgehead atoms. The molecule has 0 aliphatic rings. The van der Waals surface area contributed by atoms with Crippen LogP contribution in [-0.4, -0.2) is 9.97 Å². The maximum atomic E-state index is 8.65. The van der Waals surface area contributed by atoms with Crippen LogP contribution in [0.5, 0.6) is 0 Å². The van der Waals surface area contributed by atoms with Crippen LogP contribution in [0.15, 0.2) is 36.7 Å². The fraction of sp³-hybridized carbons (Fsp3) is 0. The fourth-order valence-corrected chi connectivity index (χ4v) is 1.32. The Morgan fingerprint density at radius 2 is 1.94 bits per heavy atom. The van der Waals surface area contributed by atoms with Gasteiger partial charge in [-0.1, -0.05) is 11.6 Å². The molecule has 0 fully saturated rings. The van der Waals surface area contributed by atoms with Crippen LogP contribution in [0.2, 0.25) is 5.15 Å². The lowest BCUT2D eigenvalue weighted by atomic mass is 10.2. The zero-order chi connectivity index (χ0) is 11.4. The Hall–Kier alpha value is -2.12. The van der Waals surface area contributed by atoms with Crippen molar-refractivity contribution in [1.82, 2.24) is 9.97 Å². The molecule has 4 nitrogen and oxygen atoms in total. The predicted molar refractivity (Wildman–Crippen MR) is 61.5 cm³/mol. The molecule has 78 valence electrons. The summed E-state index contributed by atoms with van der Waals surface area (Å²) in [6.45, 7) is 0. The van der Waals surface area contributed by atoms with Crippen LogP contribution < -0.4 is 5.32 Å². The Bertz CT molecular complexity index is 530. The van der Waals surface area contributed by atoms with E-state index in [0.717, 1.165) is 5.69 Å². The summed E-state index contributed by atoms with van der Waals surface area (Å²) in [4.78, 5) is 7.79. The minimum atomic E-state index is 0.381. The topological polar surface area (TPSA) is 61.6 Å². The van der Waals surface area contributed by atoms with Crippen molar-refractivity contribution in [2.45, 2.75) is 0 Å². The number of rotatable bonds is 2. The van der Waals surface area contributed by atoms with E-state index in [2.05, 4.69) is 21.4 Å². The van der Waals surface area contributed by atoms with E-state index in [4.69, 9.17) is 16.9 Å². The number of halogens is 1. The molecule has 0 atom stereocenters. The Labute approximate surface area is 97.5 Å².